The van der Waals surface area contributed by atoms with Crippen LogP contribution in [0.25, 0.3) is 5.53 Å². The fourth-order valence-electron chi connectivity index (χ4n) is 2.27. The van der Waals surface area contributed by atoms with Crippen molar-refractivity contribution in [3.8, 4) is 0 Å². The first-order valence-electron chi connectivity index (χ1n) is 8.71. The van der Waals surface area contributed by atoms with Crippen LogP contribution in [0.5, 0.6) is 0 Å². The normalized spacial score (nSPS) is 11.0. The van der Waals surface area contributed by atoms with Crippen LogP contribution in [0.15, 0.2) is 0 Å². The first kappa shape index (κ1) is 23.5. The molecule has 6 nitrogen and oxygen atoms in total. The summed E-state index contributed by atoms with van der Waals surface area (Å²) in [6.45, 7) is 6.02. The third kappa shape index (κ3) is 14.6. The van der Waals surface area contributed by atoms with E-state index in [1.807, 2.05) is 20.8 Å². The molecule has 0 aliphatic heterocycles. The molecule has 0 aromatic carbocycles. The Balaban J connectivity index is 3.91. The van der Waals surface area contributed by atoms with Crippen molar-refractivity contribution in [1.29, 1.82) is 0 Å². The van der Waals surface area contributed by atoms with Gasteiger partial charge in [-0.15, -0.1) is 0 Å². The van der Waals surface area contributed by atoms with Gasteiger partial charge in [-0.3, -0.25) is 14.4 Å². The summed E-state index contributed by atoms with van der Waals surface area (Å²) < 4.78 is 0. The zero-order valence-electron chi connectivity index (χ0n) is 15.5. The van der Waals surface area contributed by atoms with E-state index in [-0.39, 0.29) is 35.5 Å². The van der Waals surface area contributed by atoms with E-state index in [9.17, 15) is 14.4 Å². The third-order valence-electron chi connectivity index (χ3n) is 3.44. The Bertz CT molecular complexity index is 506. The molecule has 0 saturated heterocycles. The van der Waals surface area contributed by atoms with Crippen molar-refractivity contribution in [2.24, 2.45) is 5.41 Å². The van der Waals surface area contributed by atoms with Crippen LogP contribution in [-0.4, -0.2) is 44.6 Å². The Morgan fingerprint density at radius 1 is 0.960 bits per heavy atom. The Morgan fingerprint density at radius 3 is 2.20 bits per heavy atom. The molecular weight excluding hydrogens is 340 g/mol. The van der Waals surface area contributed by atoms with Crippen LogP contribution in [0.2, 0.25) is 0 Å². The molecule has 0 aliphatic carbocycles. The molecule has 0 saturated carbocycles. The van der Waals surface area contributed by atoms with E-state index in [4.69, 9.17) is 10.6 Å². The first-order valence-corrected chi connectivity index (χ1v) is 9.86. The van der Waals surface area contributed by atoms with Gasteiger partial charge in [0.05, 0.1) is 6.42 Å². The van der Waals surface area contributed by atoms with E-state index in [0.717, 1.165) is 12.2 Å². The number of carbonyl (C=O) groups is 3. The highest BCUT2D eigenvalue weighted by atomic mass is 32.2. The Morgan fingerprint density at radius 2 is 1.64 bits per heavy atom. The van der Waals surface area contributed by atoms with Crippen LogP contribution in [0, 0.1) is 5.41 Å². The van der Waals surface area contributed by atoms with Crippen LogP contribution < -0.4 is 0 Å². The van der Waals surface area contributed by atoms with E-state index in [0.29, 0.717) is 37.9 Å². The van der Waals surface area contributed by atoms with Crippen LogP contribution >= 0.6 is 11.8 Å². The van der Waals surface area contributed by atoms with Gasteiger partial charge in [-0.25, -0.2) is 0 Å². The number of nitrogens with zero attached hydrogens (tertiary/aromatic N) is 2. The first-order chi connectivity index (χ1) is 11.7. The van der Waals surface area contributed by atoms with Crippen molar-refractivity contribution in [2.75, 3.05) is 11.5 Å². The SMILES string of the molecule is CC(C)(C)CC(=O)CCCC(=O)C(CCSCCCCC(=O)O)=[N+]=[N-]. The van der Waals surface area contributed by atoms with Gasteiger partial charge in [0.1, 0.15) is 5.78 Å². The average molecular weight is 371 g/mol. The topological polar surface area (TPSA) is 108 Å². The van der Waals surface area contributed by atoms with E-state index in [1.165, 1.54) is 0 Å². The predicted octanol–water partition coefficient (Wildman–Crippen LogP) is 3.78. The summed E-state index contributed by atoms with van der Waals surface area (Å²) in [7, 11) is 0. The summed E-state index contributed by atoms with van der Waals surface area (Å²) in [4.78, 5) is 37.3. The second-order valence-electron chi connectivity index (χ2n) is 7.31. The number of hydrogen-bond acceptors (Lipinski definition) is 4. The minimum atomic E-state index is -0.786. The van der Waals surface area contributed by atoms with Crippen molar-refractivity contribution >= 4 is 35.0 Å². The zero-order chi connectivity index (χ0) is 19.3. The molecule has 0 atom stereocenters. The number of carbonyl (C=O) groups excluding carboxylic acids is 2. The van der Waals surface area contributed by atoms with Gasteiger partial charge in [-0.2, -0.15) is 16.6 Å². The maximum Gasteiger partial charge on any atom is 0.335 e. The Kier molecular flexibility index (Phi) is 12.1. The summed E-state index contributed by atoms with van der Waals surface area (Å²) in [5.41, 5.74) is 9.10. The number of carboxylic acids is 1. The average Bonchev–Trinajstić information content (AvgIpc) is 2.47. The highest BCUT2D eigenvalue weighted by Gasteiger charge is 2.20. The molecular formula is C18H30N2O4S. The number of thioether (sulfide) groups is 1. The number of ketones is 2. The summed E-state index contributed by atoms with van der Waals surface area (Å²) in [5.74, 6) is 0.631. The number of aliphatic carboxylic acids is 1. The molecule has 7 heteroatoms. The molecule has 0 aromatic rings. The van der Waals surface area contributed by atoms with Crippen LogP contribution in [0.1, 0.15) is 72.1 Å². The number of unbranched alkanes of at least 4 members (excludes halogenated alkanes) is 1. The second kappa shape index (κ2) is 12.8. The smallest absolute Gasteiger partial charge is 0.335 e. The maximum absolute atomic E-state index is 12.0. The molecule has 0 amide bonds. The molecule has 25 heavy (non-hydrogen) atoms. The number of carboxylic acid groups (broad SMARTS) is 1. The van der Waals surface area contributed by atoms with Gasteiger partial charge in [-0.05, 0) is 30.4 Å². The molecule has 0 rings (SSSR count). The molecule has 0 radical (unpaired) electrons. The van der Waals surface area contributed by atoms with Crippen molar-refractivity contribution < 1.29 is 24.3 Å². The minimum absolute atomic E-state index is 0.0412. The van der Waals surface area contributed by atoms with Crippen molar-refractivity contribution in [3.05, 3.63) is 5.53 Å². The Labute approximate surface area is 154 Å². The number of rotatable bonds is 14. The Hall–Kier alpha value is -1.46. The second-order valence-corrected chi connectivity index (χ2v) is 8.54. The molecule has 0 bridgehead atoms. The lowest BCUT2D eigenvalue weighted by Crippen LogP contribution is -2.17. The highest BCUT2D eigenvalue weighted by Crippen LogP contribution is 2.20. The lowest BCUT2D eigenvalue weighted by molar-refractivity contribution is -0.137. The summed E-state index contributed by atoms with van der Waals surface area (Å²) in [5, 5.41) is 8.53. The van der Waals surface area contributed by atoms with Crippen molar-refractivity contribution in [3.63, 3.8) is 0 Å². The molecule has 0 spiro atoms. The van der Waals surface area contributed by atoms with Gasteiger partial charge in [0.2, 0.25) is 5.78 Å². The molecule has 142 valence electrons. The third-order valence-corrected chi connectivity index (χ3v) is 4.51. The summed E-state index contributed by atoms with van der Waals surface area (Å²) in [6, 6.07) is 0. The van der Waals surface area contributed by atoms with Crippen molar-refractivity contribution in [2.45, 2.75) is 72.1 Å². The van der Waals surface area contributed by atoms with Crippen LogP contribution in [-0.2, 0) is 14.4 Å². The van der Waals surface area contributed by atoms with E-state index < -0.39 is 5.97 Å². The molecule has 0 unspecified atom stereocenters. The molecule has 0 fully saturated rings. The zero-order valence-corrected chi connectivity index (χ0v) is 16.4. The maximum atomic E-state index is 12.0. The quantitative estimate of drug-likeness (QED) is 0.217. The molecule has 0 aromatic heterocycles. The standard InChI is InChI=1S/C18H30N2O4S/c1-18(2,3)13-14(21)7-6-8-16(22)15(20-19)10-12-25-11-5-4-9-17(23)24/h4-13H2,1-3H3,(H,23,24). The van der Waals surface area contributed by atoms with Gasteiger partial charge < -0.3 is 10.6 Å². The summed E-state index contributed by atoms with van der Waals surface area (Å²) in [6.07, 6.45) is 3.59. The van der Waals surface area contributed by atoms with Gasteiger partial charge >= 0.3 is 11.7 Å². The largest absolute Gasteiger partial charge is 0.481 e. The van der Waals surface area contributed by atoms with E-state index in [2.05, 4.69) is 4.79 Å². The van der Waals surface area contributed by atoms with Gasteiger partial charge in [-0.1, -0.05) is 20.8 Å². The monoisotopic (exact) mass is 370 g/mol. The van der Waals surface area contributed by atoms with Crippen LogP contribution in [0.3, 0.4) is 0 Å². The molecule has 1 N–H and O–H groups in total. The summed E-state index contributed by atoms with van der Waals surface area (Å²) >= 11 is 1.61. The predicted molar refractivity (Wildman–Crippen MR) is 100.0 cm³/mol. The van der Waals surface area contributed by atoms with Gasteiger partial charge in [0.25, 0.3) is 0 Å². The van der Waals surface area contributed by atoms with E-state index in [1.54, 1.807) is 11.8 Å². The number of Topliss-reactive ketones (excluding diaryl/α,β-unsaturated/α-hetero) is 2. The highest BCUT2D eigenvalue weighted by molar-refractivity contribution is 7.99. The fraction of sp³-hybridized carbons (Fsp3) is 0.778. The minimum Gasteiger partial charge on any atom is -0.481 e. The lowest BCUT2D eigenvalue weighted by atomic mass is 9.88. The van der Waals surface area contributed by atoms with Gasteiger partial charge in [0.15, 0.2) is 0 Å². The fourth-order valence-corrected chi connectivity index (χ4v) is 3.22. The number of hydrogen-bond donors (Lipinski definition) is 1. The van der Waals surface area contributed by atoms with Gasteiger partial charge in [0, 0.05) is 31.4 Å². The van der Waals surface area contributed by atoms with E-state index >= 15 is 0 Å². The lowest BCUT2D eigenvalue weighted by Gasteiger charge is -2.16. The van der Waals surface area contributed by atoms with Crippen molar-refractivity contribution in [1.82, 2.24) is 0 Å². The molecule has 0 heterocycles. The van der Waals surface area contributed by atoms with Crippen LogP contribution in [0.4, 0.5) is 0 Å². The molecule has 0 aliphatic rings.